The van der Waals surface area contributed by atoms with Gasteiger partial charge in [0.25, 0.3) is 0 Å². The number of rotatable bonds is 6. The first kappa shape index (κ1) is 20.7. The van der Waals surface area contributed by atoms with Crippen molar-refractivity contribution in [1.82, 2.24) is 15.1 Å². The van der Waals surface area contributed by atoms with Crippen LogP contribution in [-0.4, -0.2) is 53.8 Å². The first-order valence-electron chi connectivity index (χ1n) is 9.00. The fraction of sp³-hybridized carbons (Fsp3) is 0.350. The summed E-state index contributed by atoms with van der Waals surface area (Å²) in [4.78, 5) is 16.3. The lowest BCUT2D eigenvalue weighted by Crippen LogP contribution is -2.48. The third-order valence-corrected chi connectivity index (χ3v) is 4.21. The third-order valence-electron chi connectivity index (χ3n) is 4.21. The zero-order valence-electron chi connectivity index (χ0n) is 15.5. The van der Waals surface area contributed by atoms with Gasteiger partial charge >= 0.3 is 0 Å². The van der Waals surface area contributed by atoms with E-state index in [1.807, 2.05) is 53.4 Å². The van der Waals surface area contributed by atoms with Crippen molar-refractivity contribution in [3.05, 3.63) is 54.1 Å². The molecule has 1 aliphatic rings. The lowest BCUT2D eigenvalue weighted by Gasteiger charge is -2.34. The highest BCUT2D eigenvalue weighted by Crippen LogP contribution is 2.15. The van der Waals surface area contributed by atoms with Crippen LogP contribution in [0.25, 0.3) is 6.08 Å². The van der Waals surface area contributed by atoms with Crippen molar-refractivity contribution in [3.63, 3.8) is 0 Å². The Morgan fingerprint density at radius 3 is 2.44 bits per heavy atom. The first-order valence-corrected chi connectivity index (χ1v) is 9.00. The summed E-state index contributed by atoms with van der Waals surface area (Å²) in [6, 6.07) is 13.6. The number of hydrogen-bond acceptors (Lipinski definition) is 5. The van der Waals surface area contributed by atoms with Gasteiger partial charge in [-0.2, -0.15) is 0 Å². The second-order valence-electron chi connectivity index (χ2n) is 6.13. The van der Waals surface area contributed by atoms with Gasteiger partial charge in [0.05, 0.1) is 6.61 Å². The molecule has 0 unspecified atom stereocenters. The van der Waals surface area contributed by atoms with Crippen molar-refractivity contribution >= 4 is 30.2 Å². The third kappa shape index (κ3) is 5.96. The molecule has 1 aliphatic heterocycles. The number of carbonyl (C=O) groups is 1. The molecule has 7 heteroatoms. The maximum absolute atomic E-state index is 12.3. The smallest absolute Gasteiger partial charge is 0.246 e. The van der Waals surface area contributed by atoms with Crippen LogP contribution in [0.1, 0.15) is 18.9 Å². The molecular weight excluding hydrogens is 364 g/mol. The monoisotopic (exact) mass is 388 g/mol. The van der Waals surface area contributed by atoms with Crippen molar-refractivity contribution in [1.29, 1.82) is 0 Å². The summed E-state index contributed by atoms with van der Waals surface area (Å²) in [5, 5.41) is 8.34. The summed E-state index contributed by atoms with van der Waals surface area (Å²) >= 11 is 0. The highest BCUT2D eigenvalue weighted by atomic mass is 35.5. The molecule has 0 saturated carbocycles. The van der Waals surface area contributed by atoms with E-state index in [2.05, 4.69) is 22.0 Å². The molecule has 0 radical (unpaired) electrons. The quantitative estimate of drug-likeness (QED) is 0.712. The average Bonchev–Trinajstić information content (AvgIpc) is 2.72. The number of piperazine rings is 1. The number of carbonyl (C=O) groups excluding carboxylic acids is 1. The van der Waals surface area contributed by atoms with Crippen molar-refractivity contribution in [3.8, 4) is 5.88 Å². The van der Waals surface area contributed by atoms with Crippen LogP contribution in [0.4, 0.5) is 5.82 Å². The summed E-state index contributed by atoms with van der Waals surface area (Å²) in [5.74, 6) is 1.42. The number of benzene rings is 1. The number of amides is 1. The number of halogens is 1. The molecule has 1 amide bonds. The Labute approximate surface area is 166 Å². The van der Waals surface area contributed by atoms with E-state index in [1.165, 1.54) is 0 Å². The summed E-state index contributed by atoms with van der Waals surface area (Å²) in [5.41, 5.74) is 1.03. The molecule has 3 rings (SSSR count). The number of hydrogen-bond donors (Lipinski definition) is 0. The Morgan fingerprint density at radius 1 is 1.07 bits per heavy atom. The van der Waals surface area contributed by atoms with E-state index in [-0.39, 0.29) is 18.3 Å². The lowest BCUT2D eigenvalue weighted by atomic mass is 10.2. The van der Waals surface area contributed by atoms with E-state index in [1.54, 1.807) is 6.08 Å². The van der Waals surface area contributed by atoms with Crippen molar-refractivity contribution in [2.24, 2.45) is 0 Å². The molecule has 6 nitrogen and oxygen atoms in total. The fourth-order valence-corrected chi connectivity index (χ4v) is 2.76. The number of aromatic nitrogens is 2. The Balaban J connectivity index is 0.00000261. The minimum absolute atomic E-state index is 0. The number of anilines is 1. The molecule has 0 N–H and O–H groups in total. The highest BCUT2D eigenvalue weighted by molar-refractivity contribution is 5.91. The molecule has 1 fully saturated rings. The van der Waals surface area contributed by atoms with Gasteiger partial charge in [0.2, 0.25) is 11.8 Å². The predicted octanol–water partition coefficient (Wildman–Crippen LogP) is 3.05. The average molecular weight is 389 g/mol. The largest absolute Gasteiger partial charge is 0.477 e. The predicted molar refractivity (Wildman–Crippen MR) is 109 cm³/mol. The minimum atomic E-state index is 0. The van der Waals surface area contributed by atoms with E-state index < -0.39 is 0 Å². The molecule has 1 aromatic heterocycles. The van der Waals surface area contributed by atoms with Crippen LogP contribution < -0.4 is 9.64 Å². The first-order chi connectivity index (χ1) is 12.8. The standard InChI is InChI=1S/C20H24N4O2.ClH/c1-2-16-26-19-10-9-18(21-22-19)23-12-14-24(15-13-23)20(25)11-8-17-6-4-3-5-7-17;/h3-11H,2,12-16H2,1H3;1H/b11-8+;. The van der Waals surface area contributed by atoms with E-state index in [9.17, 15) is 4.79 Å². The van der Waals surface area contributed by atoms with Crippen LogP contribution in [0.5, 0.6) is 5.88 Å². The van der Waals surface area contributed by atoms with Gasteiger partial charge in [0.1, 0.15) is 0 Å². The Kier molecular flexibility index (Phi) is 8.07. The second kappa shape index (κ2) is 10.5. The Hall–Kier alpha value is -2.60. The van der Waals surface area contributed by atoms with Crippen LogP contribution in [0.15, 0.2) is 48.5 Å². The van der Waals surface area contributed by atoms with Crippen LogP contribution in [-0.2, 0) is 4.79 Å². The topological polar surface area (TPSA) is 58.6 Å². The maximum Gasteiger partial charge on any atom is 0.246 e. The van der Waals surface area contributed by atoms with Crippen LogP contribution >= 0.6 is 12.4 Å². The normalized spacial score (nSPS) is 14.1. The molecule has 0 aliphatic carbocycles. The van der Waals surface area contributed by atoms with Crippen molar-refractivity contribution < 1.29 is 9.53 Å². The zero-order chi connectivity index (χ0) is 18.2. The number of nitrogens with zero attached hydrogens (tertiary/aromatic N) is 4. The summed E-state index contributed by atoms with van der Waals surface area (Å²) < 4.78 is 5.46. The second-order valence-corrected chi connectivity index (χ2v) is 6.13. The molecule has 0 spiro atoms. The van der Waals surface area contributed by atoms with Crippen molar-refractivity contribution in [2.45, 2.75) is 13.3 Å². The highest BCUT2D eigenvalue weighted by Gasteiger charge is 2.20. The van der Waals surface area contributed by atoms with E-state index in [0.29, 0.717) is 25.6 Å². The van der Waals surface area contributed by atoms with Gasteiger partial charge < -0.3 is 14.5 Å². The van der Waals surface area contributed by atoms with Crippen LogP contribution in [0, 0.1) is 0 Å². The zero-order valence-corrected chi connectivity index (χ0v) is 16.3. The SMILES string of the molecule is CCCOc1ccc(N2CCN(C(=O)/C=C/c3ccccc3)CC2)nn1.Cl. The summed E-state index contributed by atoms with van der Waals surface area (Å²) in [7, 11) is 0. The van der Waals surface area contributed by atoms with E-state index in [4.69, 9.17) is 4.74 Å². The minimum Gasteiger partial charge on any atom is -0.477 e. The maximum atomic E-state index is 12.3. The van der Waals surface area contributed by atoms with Gasteiger partial charge in [-0.05, 0) is 24.1 Å². The molecule has 0 bridgehead atoms. The van der Waals surface area contributed by atoms with Gasteiger partial charge in [0.15, 0.2) is 5.82 Å². The molecule has 2 aromatic rings. The molecule has 2 heterocycles. The Morgan fingerprint density at radius 2 is 1.81 bits per heavy atom. The lowest BCUT2D eigenvalue weighted by molar-refractivity contribution is -0.126. The van der Waals surface area contributed by atoms with Crippen LogP contribution in [0.3, 0.4) is 0 Å². The molecule has 1 saturated heterocycles. The molecule has 27 heavy (non-hydrogen) atoms. The van der Waals surface area contributed by atoms with Gasteiger partial charge in [-0.3, -0.25) is 4.79 Å². The van der Waals surface area contributed by atoms with Gasteiger partial charge in [-0.15, -0.1) is 22.6 Å². The molecule has 0 atom stereocenters. The summed E-state index contributed by atoms with van der Waals surface area (Å²) in [6.07, 6.45) is 4.44. The van der Waals surface area contributed by atoms with Gasteiger partial charge in [-0.1, -0.05) is 37.3 Å². The number of ether oxygens (including phenoxy) is 1. The van der Waals surface area contributed by atoms with Crippen molar-refractivity contribution in [2.75, 3.05) is 37.7 Å². The van der Waals surface area contributed by atoms with Gasteiger partial charge in [-0.25, -0.2) is 0 Å². The van der Waals surface area contributed by atoms with E-state index in [0.717, 1.165) is 30.9 Å². The van der Waals surface area contributed by atoms with Gasteiger partial charge in [0, 0.05) is 38.3 Å². The summed E-state index contributed by atoms with van der Waals surface area (Å²) in [6.45, 7) is 5.54. The molecular formula is C20H25ClN4O2. The van der Waals surface area contributed by atoms with E-state index >= 15 is 0 Å². The fourth-order valence-electron chi connectivity index (χ4n) is 2.76. The molecule has 1 aromatic carbocycles. The van der Waals surface area contributed by atoms with Crippen LogP contribution in [0.2, 0.25) is 0 Å². The molecule has 144 valence electrons. The Bertz CT molecular complexity index is 729.